The molecule has 8 unspecified atom stereocenters. The van der Waals surface area contributed by atoms with Crippen LogP contribution in [0.4, 0.5) is 8.78 Å². The molecule has 4 aliphatic rings. The topological polar surface area (TPSA) is 68.0 Å². The first-order chi connectivity index (χ1) is 16.3. The van der Waals surface area contributed by atoms with Gasteiger partial charge in [0.2, 0.25) is 0 Å². The summed E-state index contributed by atoms with van der Waals surface area (Å²) in [4.78, 5) is 17.9. The Labute approximate surface area is 199 Å². The van der Waals surface area contributed by atoms with Crippen LogP contribution < -0.4 is 0 Å². The first kappa shape index (κ1) is 22.6. The molecule has 2 aromatic heterocycles. The van der Waals surface area contributed by atoms with Crippen LogP contribution in [0.15, 0.2) is 24.5 Å². The normalized spacial score (nSPS) is 41.8. The van der Waals surface area contributed by atoms with Gasteiger partial charge in [0.15, 0.2) is 5.78 Å². The van der Waals surface area contributed by atoms with E-state index in [2.05, 4.69) is 17.0 Å². The highest BCUT2D eigenvalue weighted by Crippen LogP contribution is 2.65. The Morgan fingerprint density at radius 3 is 2.79 bits per heavy atom. The molecular weight excluding hydrogens is 436 g/mol. The standard InChI is InChI=1S/C27H35F2N3O2/c1-26-10-8-18-17-9-11-27(34,25(28)29)13-16(17)4-5-19(18)20(26)6-7-21(26)24(33)15-32-23-3-2-12-30-22(23)14-31-32/h2-3,12,14,16-21,25,34H,4-11,13,15H2,1H3. The molecule has 2 heterocycles. The van der Waals surface area contributed by atoms with Crippen LogP contribution in [-0.2, 0) is 11.3 Å². The molecule has 7 heteroatoms. The Hall–Kier alpha value is -1.89. The second-order valence-corrected chi connectivity index (χ2v) is 11.9. The molecule has 34 heavy (non-hydrogen) atoms. The summed E-state index contributed by atoms with van der Waals surface area (Å²) in [5.74, 6) is 2.71. The predicted molar refractivity (Wildman–Crippen MR) is 124 cm³/mol. The Bertz CT molecular complexity index is 1090. The lowest BCUT2D eigenvalue weighted by Gasteiger charge is -2.57. The van der Waals surface area contributed by atoms with Crippen LogP contribution in [-0.4, -0.2) is 37.7 Å². The van der Waals surface area contributed by atoms with Crippen LogP contribution in [0.3, 0.4) is 0 Å². The lowest BCUT2D eigenvalue weighted by Crippen LogP contribution is -2.53. The Kier molecular flexibility index (Phi) is 5.36. The summed E-state index contributed by atoms with van der Waals surface area (Å²) in [5.41, 5.74) is -0.0493. The molecule has 0 saturated heterocycles. The molecule has 0 spiro atoms. The van der Waals surface area contributed by atoms with Crippen LogP contribution in [0.2, 0.25) is 0 Å². The molecule has 4 saturated carbocycles. The molecular formula is C27H35F2N3O2. The van der Waals surface area contributed by atoms with Gasteiger partial charge >= 0.3 is 0 Å². The van der Waals surface area contributed by atoms with Gasteiger partial charge in [-0.2, -0.15) is 5.10 Å². The van der Waals surface area contributed by atoms with E-state index in [0.29, 0.717) is 30.2 Å². The van der Waals surface area contributed by atoms with Gasteiger partial charge < -0.3 is 5.11 Å². The lowest BCUT2D eigenvalue weighted by atomic mass is 9.49. The van der Waals surface area contributed by atoms with Crippen LogP contribution in [0, 0.1) is 40.9 Å². The zero-order chi connectivity index (χ0) is 23.7. The average Bonchev–Trinajstić information content (AvgIpc) is 3.39. The summed E-state index contributed by atoms with van der Waals surface area (Å²) in [7, 11) is 0. The van der Waals surface area contributed by atoms with E-state index >= 15 is 0 Å². The fourth-order valence-electron chi connectivity index (χ4n) is 8.93. The first-order valence-corrected chi connectivity index (χ1v) is 13.1. The minimum Gasteiger partial charge on any atom is -0.384 e. The van der Waals surface area contributed by atoms with Crippen molar-refractivity contribution in [2.24, 2.45) is 40.9 Å². The van der Waals surface area contributed by atoms with E-state index in [1.165, 1.54) is 0 Å². The maximum Gasteiger partial charge on any atom is 0.266 e. The van der Waals surface area contributed by atoms with Crippen molar-refractivity contribution in [1.82, 2.24) is 14.8 Å². The van der Waals surface area contributed by atoms with Gasteiger partial charge in [0.05, 0.1) is 11.7 Å². The molecule has 184 valence electrons. The number of carbonyl (C=O) groups excluding carboxylic acids is 1. The second kappa shape index (κ2) is 8.07. The van der Waals surface area contributed by atoms with E-state index in [9.17, 15) is 18.7 Å². The molecule has 4 fully saturated rings. The maximum atomic E-state index is 13.6. The number of fused-ring (bicyclic) bond motifs is 6. The maximum absolute atomic E-state index is 13.6. The zero-order valence-electron chi connectivity index (χ0n) is 19.9. The average molecular weight is 472 g/mol. The van der Waals surface area contributed by atoms with Crippen molar-refractivity contribution >= 4 is 16.8 Å². The highest BCUT2D eigenvalue weighted by molar-refractivity contribution is 5.84. The molecule has 8 atom stereocenters. The van der Waals surface area contributed by atoms with E-state index < -0.39 is 12.0 Å². The number of nitrogens with zero attached hydrogens (tertiary/aromatic N) is 3. The number of hydrogen-bond acceptors (Lipinski definition) is 4. The minimum atomic E-state index is -2.65. The van der Waals surface area contributed by atoms with Gasteiger partial charge in [0, 0.05) is 12.1 Å². The van der Waals surface area contributed by atoms with Crippen molar-refractivity contribution in [3.05, 3.63) is 24.5 Å². The quantitative estimate of drug-likeness (QED) is 0.660. The fraction of sp³-hybridized carbons (Fsp3) is 0.741. The van der Waals surface area contributed by atoms with Crippen molar-refractivity contribution in [3.8, 4) is 0 Å². The highest BCUT2D eigenvalue weighted by Gasteiger charge is 2.59. The molecule has 5 nitrogen and oxygen atoms in total. The Morgan fingerprint density at radius 1 is 1.15 bits per heavy atom. The molecule has 0 amide bonds. The number of pyridine rings is 1. The number of Topliss-reactive ketones (excluding diaryl/α,β-unsaturated/α-hetero) is 1. The van der Waals surface area contributed by atoms with Crippen molar-refractivity contribution in [3.63, 3.8) is 0 Å². The number of hydrogen-bond donors (Lipinski definition) is 1. The summed E-state index contributed by atoms with van der Waals surface area (Å²) in [6, 6.07) is 3.84. The number of rotatable bonds is 4. The first-order valence-electron chi connectivity index (χ1n) is 13.1. The largest absolute Gasteiger partial charge is 0.384 e. The number of aliphatic hydroxyl groups is 1. The van der Waals surface area contributed by atoms with Crippen LogP contribution in [0.5, 0.6) is 0 Å². The summed E-state index contributed by atoms with van der Waals surface area (Å²) in [6.07, 6.45) is 8.19. The number of ketones is 1. The highest BCUT2D eigenvalue weighted by atomic mass is 19.3. The number of carbonyl (C=O) groups is 1. The number of alkyl halides is 2. The minimum absolute atomic E-state index is 0.0185. The Balaban J connectivity index is 1.18. The SMILES string of the molecule is CC12CCC3C4CCC(O)(C(F)F)CC4CCC3C1CCC2C(=O)Cn1ncc2ncccc21. The van der Waals surface area contributed by atoms with Gasteiger partial charge in [-0.25, -0.2) is 8.78 Å². The zero-order valence-corrected chi connectivity index (χ0v) is 19.9. The number of halogens is 2. The van der Waals surface area contributed by atoms with E-state index in [-0.39, 0.29) is 35.9 Å². The smallest absolute Gasteiger partial charge is 0.266 e. The van der Waals surface area contributed by atoms with Crippen LogP contribution in [0.25, 0.3) is 11.0 Å². The van der Waals surface area contributed by atoms with Gasteiger partial charge in [-0.05, 0) is 105 Å². The van der Waals surface area contributed by atoms with E-state index in [1.54, 1.807) is 17.1 Å². The molecule has 0 aliphatic heterocycles. The van der Waals surface area contributed by atoms with E-state index in [1.807, 2.05) is 12.1 Å². The second-order valence-electron chi connectivity index (χ2n) is 11.9. The van der Waals surface area contributed by atoms with Crippen LogP contribution >= 0.6 is 0 Å². The fourth-order valence-corrected chi connectivity index (χ4v) is 8.93. The van der Waals surface area contributed by atoms with Crippen molar-refractivity contribution in [2.45, 2.75) is 83.3 Å². The number of aromatic nitrogens is 3. The molecule has 0 bridgehead atoms. The summed E-state index contributed by atoms with van der Waals surface area (Å²) in [5, 5.41) is 14.9. The molecule has 1 N–H and O–H groups in total. The third kappa shape index (κ3) is 3.36. The van der Waals surface area contributed by atoms with Gasteiger partial charge in [-0.15, -0.1) is 0 Å². The monoisotopic (exact) mass is 471 g/mol. The molecule has 0 aromatic carbocycles. The predicted octanol–water partition coefficient (Wildman–Crippen LogP) is 5.27. The van der Waals surface area contributed by atoms with Crippen molar-refractivity contribution in [1.29, 1.82) is 0 Å². The van der Waals surface area contributed by atoms with Crippen LogP contribution in [0.1, 0.15) is 64.7 Å². The molecule has 2 aromatic rings. The van der Waals surface area contributed by atoms with Gasteiger partial charge in [0.25, 0.3) is 6.43 Å². The molecule has 4 aliphatic carbocycles. The lowest BCUT2D eigenvalue weighted by molar-refractivity contribution is -0.160. The van der Waals surface area contributed by atoms with E-state index in [4.69, 9.17) is 0 Å². The van der Waals surface area contributed by atoms with Crippen molar-refractivity contribution < 1.29 is 18.7 Å². The third-order valence-corrected chi connectivity index (χ3v) is 10.6. The van der Waals surface area contributed by atoms with Gasteiger partial charge in [0.1, 0.15) is 17.7 Å². The summed E-state index contributed by atoms with van der Waals surface area (Å²) < 4.78 is 28.7. The van der Waals surface area contributed by atoms with E-state index in [0.717, 1.165) is 56.0 Å². The molecule has 6 rings (SSSR count). The summed E-state index contributed by atoms with van der Waals surface area (Å²) >= 11 is 0. The van der Waals surface area contributed by atoms with Gasteiger partial charge in [-0.3, -0.25) is 14.5 Å². The van der Waals surface area contributed by atoms with Crippen molar-refractivity contribution in [2.75, 3.05) is 0 Å². The van der Waals surface area contributed by atoms with Gasteiger partial charge in [-0.1, -0.05) is 6.92 Å². The Morgan fingerprint density at radius 2 is 1.97 bits per heavy atom. The summed E-state index contributed by atoms with van der Waals surface area (Å²) in [6.45, 7) is 2.64. The third-order valence-electron chi connectivity index (χ3n) is 10.6. The molecule has 0 radical (unpaired) electrons.